The number of hydrogen-bond acceptors (Lipinski definition) is 1. The maximum Gasteiger partial charge on any atom is 0.119 e. The number of hydrogen-bond donors (Lipinski definition) is 0. The van der Waals surface area contributed by atoms with Crippen LogP contribution in [0.15, 0.2) is 42.5 Å². The highest BCUT2D eigenvalue weighted by molar-refractivity contribution is 14.1. The normalized spacial score (nSPS) is 12.2. The molecule has 25 heavy (non-hydrogen) atoms. The molecule has 0 fully saturated rings. The van der Waals surface area contributed by atoms with Crippen LogP contribution in [0.5, 0.6) is 5.75 Å². The number of benzene rings is 2. The Bertz CT molecular complexity index is 633. The predicted molar refractivity (Wildman–Crippen MR) is 117 cm³/mol. The van der Waals surface area contributed by atoms with Gasteiger partial charge in [0.2, 0.25) is 0 Å². The fourth-order valence-electron chi connectivity index (χ4n) is 3.26. The number of alkyl halides is 1. The zero-order valence-electron chi connectivity index (χ0n) is 15.9. The van der Waals surface area contributed by atoms with Gasteiger partial charge in [0, 0.05) is 4.43 Å². The van der Waals surface area contributed by atoms with Gasteiger partial charge in [-0.2, -0.15) is 0 Å². The minimum absolute atomic E-state index is 0.761. The molecule has 1 nitrogen and oxygen atoms in total. The summed E-state index contributed by atoms with van der Waals surface area (Å²) in [6, 6.07) is 15.4. The molecule has 2 rings (SSSR count). The molecule has 0 aliphatic rings. The van der Waals surface area contributed by atoms with Gasteiger partial charge in [0.15, 0.2) is 0 Å². The van der Waals surface area contributed by atoms with Crippen LogP contribution in [0.25, 0.3) is 0 Å². The molecule has 0 N–H and O–H groups in total. The molecule has 0 saturated carbocycles. The van der Waals surface area contributed by atoms with Gasteiger partial charge in [-0.3, -0.25) is 0 Å². The molecular weight excluding hydrogens is 419 g/mol. The van der Waals surface area contributed by atoms with Crippen molar-refractivity contribution in [2.24, 2.45) is 5.92 Å². The summed E-state index contributed by atoms with van der Waals surface area (Å²) in [5.41, 5.74) is 5.63. The molecule has 2 aromatic rings. The quantitative estimate of drug-likeness (QED) is 0.214. The molecule has 0 aliphatic carbocycles. The Morgan fingerprint density at radius 2 is 1.64 bits per heavy atom. The summed E-state index contributed by atoms with van der Waals surface area (Å²) in [5, 5.41) is 0. The first kappa shape index (κ1) is 20.3. The second-order valence-electron chi connectivity index (χ2n) is 7.05. The first-order valence-corrected chi connectivity index (χ1v) is 11.0. The highest BCUT2D eigenvalue weighted by Crippen LogP contribution is 2.22. The topological polar surface area (TPSA) is 9.23 Å². The highest BCUT2D eigenvalue weighted by atomic mass is 127. The number of aryl methyl sites for hydroxylation is 2. The molecule has 1 atom stereocenters. The van der Waals surface area contributed by atoms with Crippen molar-refractivity contribution in [3.8, 4) is 5.75 Å². The molecule has 0 bridgehead atoms. The number of ether oxygens (including phenoxy) is 1. The Morgan fingerprint density at radius 3 is 2.28 bits per heavy atom. The summed E-state index contributed by atoms with van der Waals surface area (Å²) >= 11 is 2.39. The van der Waals surface area contributed by atoms with Crippen LogP contribution in [0.2, 0.25) is 0 Å². The van der Waals surface area contributed by atoms with Crippen LogP contribution >= 0.6 is 22.6 Å². The van der Waals surface area contributed by atoms with Crippen LogP contribution in [0.4, 0.5) is 0 Å². The fraction of sp³-hybridized carbons (Fsp3) is 0.478. The minimum Gasteiger partial charge on any atom is -0.494 e. The van der Waals surface area contributed by atoms with Crippen molar-refractivity contribution in [1.82, 2.24) is 0 Å². The lowest BCUT2D eigenvalue weighted by Gasteiger charge is -2.17. The molecule has 0 heterocycles. The van der Waals surface area contributed by atoms with Crippen molar-refractivity contribution in [2.45, 2.75) is 57.3 Å². The molecule has 136 valence electrons. The highest BCUT2D eigenvalue weighted by Gasteiger charge is 2.10. The summed E-state index contributed by atoms with van der Waals surface area (Å²) in [6.07, 6.45) is 6.13. The molecule has 2 aromatic carbocycles. The second kappa shape index (κ2) is 10.8. The van der Waals surface area contributed by atoms with E-state index < -0.39 is 0 Å². The van der Waals surface area contributed by atoms with Crippen molar-refractivity contribution in [3.05, 3.63) is 64.7 Å². The van der Waals surface area contributed by atoms with Crippen LogP contribution < -0.4 is 4.74 Å². The van der Waals surface area contributed by atoms with E-state index in [0.717, 1.165) is 29.1 Å². The lowest BCUT2D eigenvalue weighted by molar-refractivity contribution is 0.287. The Labute approximate surface area is 167 Å². The summed E-state index contributed by atoms with van der Waals surface area (Å²) in [6.45, 7) is 7.51. The lowest BCUT2D eigenvalue weighted by atomic mass is 9.90. The van der Waals surface area contributed by atoms with E-state index in [1.807, 2.05) is 0 Å². The maximum atomic E-state index is 5.92. The summed E-state index contributed by atoms with van der Waals surface area (Å²) in [5.74, 6) is 1.76. The van der Waals surface area contributed by atoms with E-state index in [2.05, 4.69) is 85.8 Å². The van der Waals surface area contributed by atoms with E-state index in [0.29, 0.717) is 0 Å². The van der Waals surface area contributed by atoms with Crippen LogP contribution in [0, 0.1) is 19.8 Å². The van der Waals surface area contributed by atoms with E-state index >= 15 is 0 Å². The van der Waals surface area contributed by atoms with Crippen LogP contribution in [0.3, 0.4) is 0 Å². The van der Waals surface area contributed by atoms with Gasteiger partial charge in [-0.1, -0.05) is 72.7 Å². The zero-order chi connectivity index (χ0) is 18.1. The van der Waals surface area contributed by atoms with E-state index in [1.54, 1.807) is 0 Å². The minimum atomic E-state index is 0.761. The van der Waals surface area contributed by atoms with E-state index in [-0.39, 0.29) is 0 Å². The molecule has 0 spiro atoms. The van der Waals surface area contributed by atoms with Crippen LogP contribution in [0.1, 0.15) is 54.9 Å². The average molecular weight is 450 g/mol. The van der Waals surface area contributed by atoms with Gasteiger partial charge in [-0.15, -0.1) is 0 Å². The van der Waals surface area contributed by atoms with Gasteiger partial charge in [0.1, 0.15) is 5.75 Å². The molecule has 2 heteroatoms. The predicted octanol–water partition coefficient (Wildman–Crippen LogP) is 7.06. The van der Waals surface area contributed by atoms with Gasteiger partial charge >= 0.3 is 0 Å². The monoisotopic (exact) mass is 450 g/mol. The largest absolute Gasteiger partial charge is 0.494 e. The van der Waals surface area contributed by atoms with Gasteiger partial charge < -0.3 is 4.74 Å². The van der Waals surface area contributed by atoms with Crippen molar-refractivity contribution in [3.63, 3.8) is 0 Å². The molecular formula is C23H31IO. The summed E-state index contributed by atoms with van der Waals surface area (Å²) in [4.78, 5) is 0. The van der Waals surface area contributed by atoms with Crippen LogP contribution in [-0.2, 0) is 10.8 Å². The number of rotatable bonds is 10. The third-order valence-electron chi connectivity index (χ3n) is 4.90. The maximum absolute atomic E-state index is 5.92. The molecule has 0 saturated heterocycles. The Balaban J connectivity index is 1.79. The third kappa shape index (κ3) is 7.01. The smallest absolute Gasteiger partial charge is 0.119 e. The Morgan fingerprint density at radius 1 is 0.920 bits per heavy atom. The third-order valence-corrected chi connectivity index (χ3v) is 5.78. The van der Waals surface area contributed by atoms with Crippen LogP contribution in [-0.4, -0.2) is 6.61 Å². The molecule has 0 amide bonds. The second-order valence-corrected chi connectivity index (χ2v) is 7.81. The Kier molecular flexibility index (Phi) is 8.80. The average Bonchev–Trinajstić information content (AvgIpc) is 2.62. The zero-order valence-corrected chi connectivity index (χ0v) is 18.0. The SMILES string of the molecule is CCCC(CCCOc1ccc(CI)cc1)Cc1ccc(C)c(C)c1. The van der Waals surface area contributed by atoms with Gasteiger partial charge in [-0.25, -0.2) is 0 Å². The van der Waals surface area contributed by atoms with E-state index in [9.17, 15) is 0 Å². The number of halogens is 1. The lowest BCUT2D eigenvalue weighted by Crippen LogP contribution is -2.08. The van der Waals surface area contributed by atoms with Gasteiger partial charge in [0.05, 0.1) is 6.61 Å². The van der Waals surface area contributed by atoms with Gasteiger partial charge in [-0.05, 0) is 73.4 Å². The molecule has 0 aliphatic heterocycles. The first-order chi connectivity index (χ1) is 12.1. The Hall–Kier alpha value is -1.03. The fourth-order valence-corrected chi connectivity index (χ4v) is 3.77. The van der Waals surface area contributed by atoms with Crippen molar-refractivity contribution in [1.29, 1.82) is 0 Å². The van der Waals surface area contributed by atoms with E-state index in [4.69, 9.17) is 4.74 Å². The first-order valence-electron chi connectivity index (χ1n) is 9.46. The van der Waals surface area contributed by atoms with Crippen molar-refractivity contribution in [2.75, 3.05) is 6.61 Å². The summed E-state index contributed by atoms with van der Waals surface area (Å²) < 4.78 is 6.97. The molecule has 0 radical (unpaired) electrons. The standard InChI is InChI=1S/C23H31IO/c1-4-6-20(16-22-9-8-18(2)19(3)15-22)7-5-14-25-23-12-10-21(17-24)11-13-23/h8-13,15,20H,4-7,14,16-17H2,1-3H3. The summed E-state index contributed by atoms with van der Waals surface area (Å²) in [7, 11) is 0. The van der Waals surface area contributed by atoms with Gasteiger partial charge in [0.25, 0.3) is 0 Å². The van der Waals surface area contributed by atoms with E-state index in [1.165, 1.54) is 47.9 Å². The van der Waals surface area contributed by atoms with Crippen molar-refractivity contribution >= 4 is 22.6 Å². The van der Waals surface area contributed by atoms with Crippen molar-refractivity contribution < 1.29 is 4.74 Å². The molecule has 0 aromatic heterocycles. The molecule has 1 unspecified atom stereocenters.